The number of nitrogens with zero attached hydrogens (tertiary/aromatic N) is 1. The second-order valence-corrected chi connectivity index (χ2v) is 4.08. The predicted octanol–water partition coefficient (Wildman–Crippen LogP) is 2.46. The third kappa shape index (κ3) is 2.95. The average Bonchev–Trinajstić information content (AvgIpc) is 2.14. The largest absolute Gasteiger partial charge is 0.537 e. The molecule has 0 atom stereocenters. The third-order valence-electron chi connectivity index (χ3n) is 1.46. The van der Waals surface area contributed by atoms with Gasteiger partial charge in [-0.3, -0.25) is 0 Å². The van der Waals surface area contributed by atoms with Crippen molar-refractivity contribution in [1.29, 1.82) is 0 Å². The fourth-order valence-corrected chi connectivity index (χ4v) is 1.88. The number of hydrogen-bond donors (Lipinski definition) is 0. The van der Waals surface area contributed by atoms with Crippen LogP contribution in [0, 0.1) is 6.57 Å². The summed E-state index contributed by atoms with van der Waals surface area (Å²) in [7, 11) is -5.00. The summed E-state index contributed by atoms with van der Waals surface area (Å²) in [5, 5.41) is 0. The maximum absolute atomic E-state index is 11.8. The molecule has 0 saturated carbocycles. The van der Waals surface area contributed by atoms with Gasteiger partial charge in [-0.15, -0.1) is 13.2 Å². The molecular weight excluding hydrogens is 247 g/mol. The lowest BCUT2D eigenvalue weighted by Crippen LogP contribution is -2.19. The zero-order valence-corrected chi connectivity index (χ0v) is 8.34. The van der Waals surface area contributed by atoms with Crippen molar-refractivity contribution in [2.75, 3.05) is 0 Å². The molecule has 4 nitrogen and oxygen atoms in total. The van der Waals surface area contributed by atoms with E-state index in [1.165, 1.54) is 12.1 Å². The van der Waals surface area contributed by atoms with Crippen LogP contribution in [0.25, 0.3) is 4.85 Å². The Morgan fingerprint density at radius 3 is 2.31 bits per heavy atom. The van der Waals surface area contributed by atoms with Crippen molar-refractivity contribution in [3.8, 4) is 0 Å². The molecule has 0 aromatic heterocycles. The van der Waals surface area contributed by atoms with E-state index in [1.54, 1.807) is 0 Å². The Balaban J connectivity index is 3.24. The van der Waals surface area contributed by atoms with Gasteiger partial charge in [0.05, 0.1) is 6.57 Å². The minimum Gasteiger partial charge on any atom is -0.237 e. The van der Waals surface area contributed by atoms with E-state index in [-0.39, 0.29) is 0 Å². The van der Waals surface area contributed by atoms with Gasteiger partial charge in [-0.1, -0.05) is 24.3 Å². The summed E-state index contributed by atoms with van der Waals surface area (Å²) in [6, 6.07) is 4.48. The molecule has 1 aromatic rings. The van der Waals surface area contributed by atoms with E-state index in [4.69, 9.17) is 6.57 Å². The molecule has 0 aliphatic rings. The molecule has 0 spiro atoms. The second kappa shape index (κ2) is 4.11. The number of alkyl halides is 3. The zero-order valence-electron chi connectivity index (χ0n) is 7.52. The van der Waals surface area contributed by atoms with E-state index in [1.807, 2.05) is 0 Å². The first-order chi connectivity index (χ1) is 7.26. The highest BCUT2D eigenvalue weighted by molar-refractivity contribution is 7.87. The van der Waals surface area contributed by atoms with Gasteiger partial charge in [-0.05, 0) is 0 Å². The molecule has 1 aromatic carbocycles. The summed E-state index contributed by atoms with van der Waals surface area (Å²) in [5.41, 5.74) is -0.424. The van der Waals surface area contributed by atoms with Crippen LogP contribution in [-0.2, 0) is 14.3 Å². The highest BCUT2D eigenvalue weighted by Crippen LogP contribution is 2.30. The summed E-state index contributed by atoms with van der Waals surface area (Å²) >= 11 is 0. The SMILES string of the molecule is [C-]#[N+]c1ccccc1S(=O)(=O)OC(F)(F)F. The first-order valence-electron chi connectivity index (χ1n) is 3.75. The molecule has 16 heavy (non-hydrogen) atoms. The summed E-state index contributed by atoms with van der Waals surface area (Å²) in [6.45, 7) is 6.62. The molecule has 0 saturated heterocycles. The van der Waals surface area contributed by atoms with E-state index < -0.39 is 27.1 Å². The molecule has 0 amide bonds. The Labute approximate surface area is 89.2 Å². The van der Waals surface area contributed by atoms with Gasteiger partial charge in [-0.25, -0.2) is 4.85 Å². The van der Waals surface area contributed by atoms with Crippen LogP contribution in [0.1, 0.15) is 0 Å². The van der Waals surface area contributed by atoms with Crippen LogP contribution in [0.5, 0.6) is 0 Å². The summed E-state index contributed by atoms with van der Waals surface area (Å²) < 4.78 is 60.6. The van der Waals surface area contributed by atoms with Crippen molar-refractivity contribution in [2.24, 2.45) is 0 Å². The predicted molar refractivity (Wildman–Crippen MR) is 47.0 cm³/mol. The molecule has 0 radical (unpaired) electrons. The second-order valence-electron chi connectivity index (χ2n) is 2.56. The van der Waals surface area contributed by atoms with Crippen molar-refractivity contribution in [1.82, 2.24) is 0 Å². The first-order valence-corrected chi connectivity index (χ1v) is 5.16. The Morgan fingerprint density at radius 2 is 1.81 bits per heavy atom. The number of halogens is 3. The zero-order chi connectivity index (χ0) is 12.4. The number of para-hydroxylation sites is 1. The van der Waals surface area contributed by atoms with E-state index in [9.17, 15) is 21.6 Å². The van der Waals surface area contributed by atoms with E-state index in [0.717, 1.165) is 12.1 Å². The molecule has 0 aliphatic carbocycles. The Bertz CT molecular complexity index is 530. The normalized spacial score (nSPS) is 12.1. The van der Waals surface area contributed by atoms with Gasteiger partial charge in [0.15, 0.2) is 0 Å². The minimum absolute atomic E-state index is 0.424. The Hall–Kier alpha value is -1.59. The van der Waals surface area contributed by atoms with E-state index in [2.05, 4.69) is 9.03 Å². The van der Waals surface area contributed by atoms with Crippen molar-refractivity contribution in [2.45, 2.75) is 11.3 Å². The van der Waals surface area contributed by atoms with Gasteiger partial charge < -0.3 is 0 Å². The van der Waals surface area contributed by atoms with Crippen LogP contribution >= 0.6 is 0 Å². The minimum atomic E-state index is -5.31. The van der Waals surface area contributed by atoms with Crippen molar-refractivity contribution in [3.63, 3.8) is 0 Å². The molecule has 1 rings (SSSR count). The van der Waals surface area contributed by atoms with Gasteiger partial charge in [-0.2, -0.15) is 12.6 Å². The molecular formula is C8H4F3NO3S. The van der Waals surface area contributed by atoms with Crippen molar-refractivity contribution >= 4 is 15.8 Å². The van der Waals surface area contributed by atoms with Crippen LogP contribution in [0.4, 0.5) is 18.9 Å². The topological polar surface area (TPSA) is 47.7 Å². The molecule has 86 valence electrons. The standard InChI is InChI=1S/C8H4F3NO3S/c1-12-6-4-2-3-5-7(6)16(13,14)15-8(9,10)11/h2-5H. The van der Waals surface area contributed by atoms with Crippen molar-refractivity contribution in [3.05, 3.63) is 35.7 Å². The van der Waals surface area contributed by atoms with Crippen molar-refractivity contribution < 1.29 is 25.8 Å². The fraction of sp³-hybridized carbons (Fsp3) is 0.125. The maximum atomic E-state index is 11.8. The van der Waals surface area contributed by atoms with Crippen LogP contribution in [0.3, 0.4) is 0 Å². The Morgan fingerprint density at radius 1 is 1.25 bits per heavy atom. The smallest absolute Gasteiger partial charge is 0.237 e. The number of benzene rings is 1. The lowest BCUT2D eigenvalue weighted by molar-refractivity contribution is -0.271. The highest BCUT2D eigenvalue weighted by Gasteiger charge is 2.38. The summed E-state index contributed by atoms with van der Waals surface area (Å²) in [4.78, 5) is 1.99. The van der Waals surface area contributed by atoms with Gasteiger partial charge in [0, 0.05) is 0 Å². The first kappa shape index (κ1) is 12.5. The van der Waals surface area contributed by atoms with Crippen LogP contribution in [-0.4, -0.2) is 14.8 Å². The summed E-state index contributed by atoms with van der Waals surface area (Å²) in [5.74, 6) is 0. The monoisotopic (exact) mass is 251 g/mol. The van der Waals surface area contributed by atoms with Gasteiger partial charge >= 0.3 is 6.36 Å². The molecule has 8 heteroatoms. The average molecular weight is 251 g/mol. The van der Waals surface area contributed by atoms with Gasteiger partial charge in [0.25, 0.3) is 10.1 Å². The molecule has 0 unspecified atom stereocenters. The molecule has 0 bridgehead atoms. The van der Waals surface area contributed by atoms with Crippen LogP contribution in [0.15, 0.2) is 29.2 Å². The van der Waals surface area contributed by atoms with Crippen LogP contribution < -0.4 is 0 Å². The quantitative estimate of drug-likeness (QED) is 0.599. The molecule has 0 aliphatic heterocycles. The van der Waals surface area contributed by atoms with Crippen LogP contribution in [0.2, 0.25) is 0 Å². The third-order valence-corrected chi connectivity index (χ3v) is 2.75. The van der Waals surface area contributed by atoms with E-state index >= 15 is 0 Å². The highest BCUT2D eigenvalue weighted by atomic mass is 32.2. The van der Waals surface area contributed by atoms with Gasteiger partial charge in [0.1, 0.15) is 4.90 Å². The molecule has 0 N–H and O–H groups in total. The molecule has 0 heterocycles. The van der Waals surface area contributed by atoms with E-state index in [0.29, 0.717) is 0 Å². The lowest BCUT2D eigenvalue weighted by atomic mass is 10.3. The molecule has 0 fully saturated rings. The Kier molecular flexibility index (Phi) is 3.21. The number of rotatable bonds is 2. The lowest BCUT2D eigenvalue weighted by Gasteiger charge is -2.08. The maximum Gasteiger partial charge on any atom is 0.537 e. The number of hydrogen-bond acceptors (Lipinski definition) is 3. The summed E-state index contributed by atoms with van der Waals surface area (Å²) in [6.07, 6.45) is -5.31. The fourth-order valence-electron chi connectivity index (χ4n) is 0.930. The van der Waals surface area contributed by atoms with Gasteiger partial charge in [0.2, 0.25) is 5.69 Å².